The fourth-order valence-corrected chi connectivity index (χ4v) is 9.39. The molecule has 2 aliphatic carbocycles. The Morgan fingerprint density at radius 2 is 0.679 bits per heavy atom. The number of aromatic hydroxyl groups is 2. The largest absolute Gasteiger partial charge is 0.508 e. The lowest BCUT2D eigenvalue weighted by molar-refractivity contribution is 0.474. The fraction of sp³-hybridized carbons (Fsp3) is 0.0204. The molecule has 12 rings (SSSR count). The average molecular weight is 681 g/mol. The maximum absolute atomic E-state index is 10.1. The number of hydrogen-bond acceptors (Lipinski definition) is 4. The van der Waals surface area contributed by atoms with Crippen molar-refractivity contribution in [1.82, 2.24) is 0 Å². The van der Waals surface area contributed by atoms with E-state index in [9.17, 15) is 10.2 Å². The van der Waals surface area contributed by atoms with Crippen molar-refractivity contribution in [2.45, 2.75) is 5.41 Å². The van der Waals surface area contributed by atoms with Crippen LogP contribution in [0.25, 0.3) is 88.4 Å². The molecule has 2 heterocycles. The van der Waals surface area contributed by atoms with Gasteiger partial charge in [-0.3, -0.25) is 0 Å². The average Bonchev–Trinajstić information content (AvgIpc) is 3.91. The second kappa shape index (κ2) is 10.1. The molecule has 0 unspecified atom stereocenters. The van der Waals surface area contributed by atoms with Crippen molar-refractivity contribution >= 4 is 43.9 Å². The van der Waals surface area contributed by atoms with E-state index in [1.54, 1.807) is 24.3 Å². The first-order valence-corrected chi connectivity index (χ1v) is 17.8. The molecule has 2 aliphatic rings. The number of phenolic OH excluding ortho intramolecular Hbond substituents is 2. The van der Waals surface area contributed by atoms with Crippen molar-refractivity contribution in [2.75, 3.05) is 0 Å². The van der Waals surface area contributed by atoms with Gasteiger partial charge in [-0.25, -0.2) is 0 Å². The van der Waals surface area contributed by atoms with E-state index in [-0.39, 0.29) is 11.5 Å². The maximum Gasteiger partial charge on any atom is 0.139 e. The van der Waals surface area contributed by atoms with Gasteiger partial charge in [0.25, 0.3) is 0 Å². The quantitative estimate of drug-likeness (QED) is 0.191. The van der Waals surface area contributed by atoms with Gasteiger partial charge in [-0.2, -0.15) is 0 Å². The van der Waals surface area contributed by atoms with Crippen LogP contribution in [0.2, 0.25) is 0 Å². The maximum atomic E-state index is 10.1. The molecule has 0 bridgehead atoms. The second-order valence-corrected chi connectivity index (χ2v) is 14.3. The molecule has 0 fully saturated rings. The lowest BCUT2D eigenvalue weighted by Crippen LogP contribution is -2.26. The summed E-state index contributed by atoms with van der Waals surface area (Å²) < 4.78 is 12.5. The zero-order chi connectivity index (χ0) is 35.0. The van der Waals surface area contributed by atoms with Crippen LogP contribution in [0.3, 0.4) is 0 Å². The molecular formula is C49H28O4. The third-order valence-corrected chi connectivity index (χ3v) is 11.7. The molecule has 10 aromatic rings. The normalized spacial score (nSPS) is 13.6. The number of furan rings is 2. The lowest BCUT2D eigenvalue weighted by Gasteiger charge is -2.31. The van der Waals surface area contributed by atoms with E-state index in [2.05, 4.69) is 121 Å². The number of rotatable bonds is 2. The van der Waals surface area contributed by atoms with Crippen molar-refractivity contribution in [3.63, 3.8) is 0 Å². The highest BCUT2D eigenvalue weighted by atomic mass is 16.3. The molecule has 4 nitrogen and oxygen atoms in total. The van der Waals surface area contributed by atoms with Gasteiger partial charge >= 0.3 is 0 Å². The molecule has 0 atom stereocenters. The van der Waals surface area contributed by atoms with Crippen LogP contribution in [0.15, 0.2) is 167 Å². The summed E-state index contributed by atoms with van der Waals surface area (Å²) in [7, 11) is 0. The van der Waals surface area contributed by atoms with Crippen molar-refractivity contribution in [1.29, 1.82) is 0 Å². The van der Waals surface area contributed by atoms with E-state index >= 15 is 0 Å². The Balaban J connectivity index is 1.08. The van der Waals surface area contributed by atoms with Gasteiger partial charge in [0.2, 0.25) is 0 Å². The zero-order valence-electron chi connectivity index (χ0n) is 28.2. The summed E-state index contributed by atoms with van der Waals surface area (Å²) in [6.45, 7) is 0. The van der Waals surface area contributed by atoms with Crippen LogP contribution in [0.5, 0.6) is 11.5 Å². The van der Waals surface area contributed by atoms with Crippen LogP contribution in [0.4, 0.5) is 0 Å². The Morgan fingerprint density at radius 1 is 0.321 bits per heavy atom. The topological polar surface area (TPSA) is 66.7 Å². The van der Waals surface area contributed by atoms with Crippen molar-refractivity contribution < 1.29 is 19.0 Å². The summed E-state index contributed by atoms with van der Waals surface area (Å²) >= 11 is 0. The molecule has 0 amide bonds. The molecule has 53 heavy (non-hydrogen) atoms. The van der Waals surface area contributed by atoms with E-state index in [0.29, 0.717) is 11.2 Å². The minimum atomic E-state index is -0.522. The van der Waals surface area contributed by atoms with Gasteiger partial charge in [0.05, 0.1) is 5.41 Å². The number of phenols is 2. The molecule has 1 spiro atoms. The van der Waals surface area contributed by atoms with E-state index in [0.717, 1.165) is 55.0 Å². The molecule has 0 saturated heterocycles. The van der Waals surface area contributed by atoms with E-state index < -0.39 is 5.41 Å². The van der Waals surface area contributed by atoms with Gasteiger partial charge in [-0.1, -0.05) is 84.9 Å². The van der Waals surface area contributed by atoms with Gasteiger partial charge in [-0.15, -0.1) is 0 Å². The van der Waals surface area contributed by atoms with Crippen LogP contribution in [0, 0.1) is 0 Å². The molecular weight excluding hydrogens is 653 g/mol. The Morgan fingerprint density at radius 3 is 1.15 bits per heavy atom. The summed E-state index contributed by atoms with van der Waals surface area (Å²) in [5.74, 6) is 0.383. The second-order valence-electron chi connectivity index (χ2n) is 14.3. The summed E-state index contributed by atoms with van der Waals surface area (Å²) in [5, 5.41) is 24.2. The highest BCUT2D eigenvalue weighted by molar-refractivity contribution is 6.07. The highest BCUT2D eigenvalue weighted by Gasteiger charge is 2.51. The first-order valence-electron chi connectivity index (χ1n) is 17.8. The predicted octanol–water partition coefficient (Wildman–Crippen LogP) is 12.6. The van der Waals surface area contributed by atoms with E-state index in [4.69, 9.17) is 8.83 Å². The van der Waals surface area contributed by atoms with Crippen LogP contribution < -0.4 is 0 Å². The van der Waals surface area contributed by atoms with E-state index in [1.807, 2.05) is 12.1 Å². The molecule has 2 N–H and O–H groups in total. The predicted molar refractivity (Wildman–Crippen MR) is 211 cm³/mol. The van der Waals surface area contributed by atoms with Gasteiger partial charge in [0.15, 0.2) is 0 Å². The van der Waals surface area contributed by atoms with Crippen LogP contribution in [-0.2, 0) is 5.41 Å². The Bertz CT molecular complexity index is 3000. The SMILES string of the molecule is Oc1ccc2c(c1)oc1cc(-c3ccc4c(c3)C3(c5ccccc5-4)c4ccccc4-c4ccc(-c5ccc6c(c5)oc5cc(O)ccc56)cc43)ccc12. The van der Waals surface area contributed by atoms with Gasteiger partial charge in [0, 0.05) is 33.7 Å². The number of hydrogen-bond donors (Lipinski definition) is 2. The van der Waals surface area contributed by atoms with Gasteiger partial charge in [0.1, 0.15) is 33.8 Å². The Hall–Kier alpha value is -7.04. The smallest absolute Gasteiger partial charge is 0.139 e. The third-order valence-electron chi connectivity index (χ3n) is 11.7. The molecule has 8 aromatic carbocycles. The highest BCUT2D eigenvalue weighted by Crippen LogP contribution is 2.63. The Labute approximate surface area is 303 Å². The van der Waals surface area contributed by atoms with Crippen LogP contribution in [0.1, 0.15) is 22.3 Å². The van der Waals surface area contributed by atoms with Gasteiger partial charge < -0.3 is 19.0 Å². The molecule has 0 saturated carbocycles. The fourth-order valence-electron chi connectivity index (χ4n) is 9.39. The summed E-state index contributed by atoms with van der Waals surface area (Å²) in [6.07, 6.45) is 0. The van der Waals surface area contributed by atoms with Crippen LogP contribution in [-0.4, -0.2) is 10.2 Å². The molecule has 0 aliphatic heterocycles. The minimum Gasteiger partial charge on any atom is -0.508 e. The molecule has 248 valence electrons. The molecule has 2 aromatic heterocycles. The molecule has 4 heteroatoms. The first-order chi connectivity index (χ1) is 26.0. The third kappa shape index (κ3) is 3.74. The number of benzene rings is 8. The van der Waals surface area contributed by atoms with Crippen LogP contribution >= 0.6 is 0 Å². The van der Waals surface area contributed by atoms with Gasteiger partial charge in [-0.05, 0) is 127 Å². The molecule has 0 radical (unpaired) electrons. The summed E-state index contributed by atoms with van der Waals surface area (Å²) in [4.78, 5) is 0. The summed E-state index contributed by atoms with van der Waals surface area (Å²) in [5.41, 5.74) is 16.9. The van der Waals surface area contributed by atoms with Crippen molar-refractivity contribution in [3.8, 4) is 56.0 Å². The Kier molecular flexibility index (Phi) is 5.43. The first kappa shape index (κ1) is 28.6. The lowest BCUT2D eigenvalue weighted by atomic mass is 9.70. The zero-order valence-corrected chi connectivity index (χ0v) is 28.2. The number of fused-ring (bicyclic) bond motifs is 16. The van der Waals surface area contributed by atoms with Crippen molar-refractivity contribution in [3.05, 3.63) is 180 Å². The summed E-state index contributed by atoms with van der Waals surface area (Å²) in [6, 6.07) is 55.0. The standard InChI is InChI=1S/C49H28O4/c50-31-13-19-39-37-17-11-29(23-45(37)52-47(39)25-31)27-9-15-35-33-5-1-3-7-41(33)49(43(35)21-27)42-8-4-2-6-34(42)36-16-10-28(22-44(36)49)30-12-18-38-40-20-14-32(51)26-48(40)53-46(38)24-30/h1-26,50-51H. The van der Waals surface area contributed by atoms with Crippen molar-refractivity contribution in [2.24, 2.45) is 0 Å². The monoisotopic (exact) mass is 680 g/mol. The minimum absolute atomic E-state index is 0.191. The van der Waals surface area contributed by atoms with E-state index in [1.165, 1.54) is 44.5 Å².